The maximum absolute atomic E-state index is 12.6. The van der Waals surface area contributed by atoms with Crippen molar-refractivity contribution in [3.63, 3.8) is 0 Å². The lowest BCUT2D eigenvalue weighted by molar-refractivity contribution is -0.128. The van der Waals surface area contributed by atoms with Gasteiger partial charge < -0.3 is 15.2 Å². The molecule has 0 fully saturated rings. The van der Waals surface area contributed by atoms with Gasteiger partial charge in [0, 0.05) is 6.42 Å². The molecule has 0 unspecified atom stereocenters. The Labute approximate surface area is 153 Å². The summed E-state index contributed by atoms with van der Waals surface area (Å²) in [4.78, 5) is 36.9. The standard InChI is InChI=1S/C18H26N6O2/c1-12(2)16(23-15(25)6-18(3,4)5)17(26)22-14-9-24(11-21-14)13-7-19-10-20-8-13/h7-12,16H,6H2,1-5H3,(H,22,26)(H,23,25)/t16-/m0/s1. The molecule has 8 nitrogen and oxygen atoms in total. The number of anilines is 1. The molecule has 2 heterocycles. The van der Waals surface area contributed by atoms with Gasteiger partial charge in [0.15, 0.2) is 5.82 Å². The zero-order chi connectivity index (χ0) is 19.3. The van der Waals surface area contributed by atoms with Gasteiger partial charge in [-0.1, -0.05) is 34.6 Å². The molecule has 0 aliphatic carbocycles. The first-order valence-corrected chi connectivity index (χ1v) is 8.55. The molecule has 0 radical (unpaired) electrons. The predicted octanol–water partition coefficient (Wildman–Crippen LogP) is 2.18. The van der Waals surface area contributed by atoms with Crippen LogP contribution in [0, 0.1) is 11.3 Å². The van der Waals surface area contributed by atoms with E-state index in [0.717, 1.165) is 5.69 Å². The van der Waals surface area contributed by atoms with Gasteiger partial charge in [-0.15, -0.1) is 0 Å². The van der Waals surface area contributed by atoms with E-state index in [1.807, 2.05) is 34.6 Å². The van der Waals surface area contributed by atoms with Crippen molar-refractivity contribution < 1.29 is 9.59 Å². The van der Waals surface area contributed by atoms with E-state index in [4.69, 9.17) is 0 Å². The summed E-state index contributed by atoms with van der Waals surface area (Å²) in [6.45, 7) is 9.73. The second-order valence-corrected chi connectivity index (χ2v) is 7.78. The molecule has 8 heteroatoms. The summed E-state index contributed by atoms with van der Waals surface area (Å²) in [5, 5.41) is 5.58. The topological polar surface area (TPSA) is 102 Å². The zero-order valence-corrected chi connectivity index (χ0v) is 15.9. The Morgan fingerprint density at radius 1 is 1.19 bits per heavy atom. The van der Waals surface area contributed by atoms with Crippen molar-refractivity contribution in [2.45, 2.75) is 47.1 Å². The summed E-state index contributed by atoms with van der Waals surface area (Å²) in [6.07, 6.45) is 8.32. The van der Waals surface area contributed by atoms with Crippen LogP contribution in [0.25, 0.3) is 5.69 Å². The van der Waals surface area contributed by atoms with Crippen molar-refractivity contribution >= 4 is 17.6 Å². The molecule has 2 N–H and O–H groups in total. The number of hydrogen-bond acceptors (Lipinski definition) is 5. The summed E-state index contributed by atoms with van der Waals surface area (Å²) in [5.41, 5.74) is 0.595. The maximum Gasteiger partial charge on any atom is 0.248 e. The van der Waals surface area contributed by atoms with E-state index >= 15 is 0 Å². The number of nitrogens with zero attached hydrogens (tertiary/aromatic N) is 4. The highest BCUT2D eigenvalue weighted by Crippen LogP contribution is 2.18. The SMILES string of the molecule is CC(C)[C@H](NC(=O)CC(C)(C)C)C(=O)Nc1cn(-c2cncnc2)cn1. The Kier molecular flexibility index (Phi) is 6.07. The van der Waals surface area contributed by atoms with Gasteiger partial charge in [-0.25, -0.2) is 15.0 Å². The molecule has 0 spiro atoms. The summed E-state index contributed by atoms with van der Waals surface area (Å²) < 4.78 is 1.71. The number of nitrogens with one attached hydrogen (secondary N) is 2. The zero-order valence-electron chi connectivity index (χ0n) is 15.9. The minimum atomic E-state index is -0.630. The van der Waals surface area contributed by atoms with Crippen LogP contribution in [0.2, 0.25) is 0 Å². The van der Waals surface area contributed by atoms with Crippen molar-refractivity contribution in [3.05, 3.63) is 31.2 Å². The summed E-state index contributed by atoms with van der Waals surface area (Å²) >= 11 is 0. The molecule has 0 saturated carbocycles. The van der Waals surface area contributed by atoms with E-state index in [1.54, 1.807) is 29.5 Å². The summed E-state index contributed by atoms with van der Waals surface area (Å²) in [5.74, 6) is -0.0896. The van der Waals surface area contributed by atoms with Gasteiger partial charge in [0.05, 0.1) is 24.3 Å². The van der Waals surface area contributed by atoms with Crippen LogP contribution in [0.4, 0.5) is 5.82 Å². The molecule has 0 aliphatic rings. The van der Waals surface area contributed by atoms with Gasteiger partial charge in [0.25, 0.3) is 0 Å². The third-order valence-electron chi connectivity index (χ3n) is 3.64. The van der Waals surface area contributed by atoms with Gasteiger partial charge in [0.1, 0.15) is 18.7 Å². The van der Waals surface area contributed by atoms with Crippen LogP contribution in [-0.2, 0) is 9.59 Å². The first-order chi connectivity index (χ1) is 12.2. The van der Waals surface area contributed by atoms with Crippen molar-refractivity contribution in [1.82, 2.24) is 24.8 Å². The van der Waals surface area contributed by atoms with Crippen molar-refractivity contribution in [2.75, 3.05) is 5.32 Å². The lowest BCUT2D eigenvalue weighted by Gasteiger charge is -2.24. The number of amides is 2. The second kappa shape index (κ2) is 8.07. The summed E-state index contributed by atoms with van der Waals surface area (Å²) in [6, 6.07) is -0.630. The monoisotopic (exact) mass is 358 g/mol. The Morgan fingerprint density at radius 3 is 2.42 bits per heavy atom. The van der Waals surface area contributed by atoms with E-state index in [2.05, 4.69) is 25.6 Å². The number of aromatic nitrogens is 4. The Morgan fingerprint density at radius 2 is 1.85 bits per heavy atom. The minimum absolute atomic E-state index is 0.0523. The molecular formula is C18H26N6O2. The highest BCUT2D eigenvalue weighted by molar-refractivity contribution is 5.96. The number of carbonyl (C=O) groups excluding carboxylic acids is 2. The smallest absolute Gasteiger partial charge is 0.248 e. The van der Waals surface area contributed by atoms with Crippen LogP contribution in [0.5, 0.6) is 0 Å². The number of imidazole rings is 1. The van der Waals surface area contributed by atoms with Crippen molar-refractivity contribution in [1.29, 1.82) is 0 Å². The predicted molar refractivity (Wildman–Crippen MR) is 98.6 cm³/mol. The van der Waals surface area contributed by atoms with Crippen LogP contribution in [-0.4, -0.2) is 37.4 Å². The molecule has 2 amide bonds. The van der Waals surface area contributed by atoms with Crippen LogP contribution in [0.1, 0.15) is 41.0 Å². The highest BCUT2D eigenvalue weighted by atomic mass is 16.2. The van der Waals surface area contributed by atoms with Gasteiger partial charge in [-0.3, -0.25) is 9.59 Å². The van der Waals surface area contributed by atoms with Crippen LogP contribution >= 0.6 is 0 Å². The Hall–Kier alpha value is -2.77. The lowest BCUT2D eigenvalue weighted by Crippen LogP contribution is -2.47. The molecule has 0 bridgehead atoms. The molecule has 0 saturated heterocycles. The van der Waals surface area contributed by atoms with Gasteiger partial charge in [0.2, 0.25) is 11.8 Å². The van der Waals surface area contributed by atoms with Crippen molar-refractivity contribution in [2.24, 2.45) is 11.3 Å². The molecule has 0 aromatic carbocycles. The highest BCUT2D eigenvalue weighted by Gasteiger charge is 2.26. The number of hydrogen-bond donors (Lipinski definition) is 2. The molecule has 2 aromatic rings. The molecule has 0 aliphatic heterocycles. The van der Waals surface area contributed by atoms with Crippen molar-refractivity contribution in [3.8, 4) is 5.69 Å². The largest absolute Gasteiger partial charge is 0.344 e. The molecule has 26 heavy (non-hydrogen) atoms. The Bertz CT molecular complexity index is 749. The molecule has 2 rings (SSSR count). The fraction of sp³-hybridized carbons (Fsp3) is 0.500. The quantitative estimate of drug-likeness (QED) is 0.824. The van der Waals surface area contributed by atoms with Gasteiger partial charge >= 0.3 is 0 Å². The first kappa shape index (κ1) is 19.6. The van der Waals surface area contributed by atoms with E-state index in [-0.39, 0.29) is 23.1 Å². The molecular weight excluding hydrogens is 332 g/mol. The second-order valence-electron chi connectivity index (χ2n) is 7.78. The number of rotatable bonds is 6. The van der Waals surface area contributed by atoms with Crippen LogP contribution in [0.15, 0.2) is 31.2 Å². The van der Waals surface area contributed by atoms with Gasteiger partial charge in [-0.05, 0) is 11.3 Å². The van der Waals surface area contributed by atoms with E-state index in [9.17, 15) is 9.59 Å². The number of carbonyl (C=O) groups is 2. The third kappa shape index (κ3) is 5.65. The van der Waals surface area contributed by atoms with Crippen LogP contribution < -0.4 is 10.6 Å². The first-order valence-electron chi connectivity index (χ1n) is 8.55. The molecule has 140 valence electrons. The van der Waals surface area contributed by atoms with E-state index < -0.39 is 6.04 Å². The fourth-order valence-electron chi connectivity index (χ4n) is 2.40. The maximum atomic E-state index is 12.6. The lowest BCUT2D eigenvalue weighted by atomic mass is 9.91. The van der Waals surface area contributed by atoms with E-state index in [0.29, 0.717) is 12.2 Å². The minimum Gasteiger partial charge on any atom is -0.344 e. The normalized spacial score (nSPS) is 12.7. The van der Waals surface area contributed by atoms with E-state index in [1.165, 1.54) is 6.33 Å². The van der Waals surface area contributed by atoms with Gasteiger partial charge in [-0.2, -0.15) is 0 Å². The third-order valence-corrected chi connectivity index (χ3v) is 3.64. The Balaban J connectivity index is 2.04. The molecule has 1 atom stereocenters. The average Bonchev–Trinajstić information content (AvgIpc) is 3.00. The average molecular weight is 358 g/mol. The fourth-order valence-corrected chi connectivity index (χ4v) is 2.40. The molecule has 2 aromatic heterocycles. The van der Waals surface area contributed by atoms with Crippen LogP contribution in [0.3, 0.4) is 0 Å². The summed E-state index contributed by atoms with van der Waals surface area (Å²) in [7, 11) is 0.